The van der Waals surface area contributed by atoms with Gasteiger partial charge in [0, 0.05) is 35.9 Å². The first kappa shape index (κ1) is 32.0. The van der Waals surface area contributed by atoms with Crippen LogP contribution in [0.2, 0.25) is 0 Å². The molecule has 250 valence electrons. The predicted octanol–water partition coefficient (Wildman–Crippen LogP) is 6.55. The van der Waals surface area contributed by atoms with Gasteiger partial charge in [-0.05, 0) is 53.9 Å². The number of nitrogens with one attached hydrogen (secondary N) is 1. The number of benzene rings is 5. The Morgan fingerprint density at radius 1 is 0.860 bits per heavy atom. The number of methoxy groups -OCH3 is 1. The molecule has 50 heavy (non-hydrogen) atoms. The van der Waals surface area contributed by atoms with Crippen LogP contribution in [0.25, 0.3) is 16.6 Å². The first-order chi connectivity index (χ1) is 24.3. The highest BCUT2D eigenvalue weighted by atomic mass is 16.5. The molecule has 0 saturated heterocycles. The predicted molar refractivity (Wildman–Crippen MR) is 188 cm³/mol. The van der Waals surface area contributed by atoms with Crippen molar-refractivity contribution in [3.05, 3.63) is 144 Å². The van der Waals surface area contributed by atoms with Gasteiger partial charge in [0.1, 0.15) is 0 Å². The summed E-state index contributed by atoms with van der Waals surface area (Å²) in [4.78, 5) is 43.9. The molecule has 0 aliphatic carbocycles. The second kappa shape index (κ2) is 13.5. The first-order valence-electron chi connectivity index (χ1n) is 16.0. The van der Waals surface area contributed by atoms with E-state index in [4.69, 9.17) is 9.84 Å². The van der Waals surface area contributed by atoms with Crippen molar-refractivity contribution in [2.45, 2.75) is 19.0 Å². The Bertz CT molecular complexity index is 2180. The van der Waals surface area contributed by atoms with Crippen molar-refractivity contribution < 1.29 is 29.3 Å². The summed E-state index contributed by atoms with van der Waals surface area (Å²) in [5.41, 5.74) is 4.32. The molecule has 1 aromatic heterocycles. The number of carbonyl (C=O) groups is 3. The number of rotatable bonds is 8. The first-order valence-corrected chi connectivity index (χ1v) is 16.0. The Morgan fingerprint density at radius 3 is 2.14 bits per heavy atom. The number of phenolic OH excluding ortho intramolecular Hbond substituents is 1. The summed E-state index contributed by atoms with van der Waals surface area (Å²) in [5, 5.41) is 28.2. The quantitative estimate of drug-likeness (QED) is 0.167. The van der Waals surface area contributed by atoms with Gasteiger partial charge in [-0.25, -0.2) is 9.48 Å². The number of aromatic nitrogens is 2. The van der Waals surface area contributed by atoms with Gasteiger partial charge in [-0.2, -0.15) is 5.10 Å². The number of fused-ring (bicyclic) bond motifs is 2. The van der Waals surface area contributed by atoms with Crippen molar-refractivity contribution >= 4 is 40.2 Å². The number of hydrogen-bond acceptors (Lipinski definition) is 6. The molecule has 1 atom stereocenters. The van der Waals surface area contributed by atoms with Gasteiger partial charge in [-0.3, -0.25) is 14.5 Å². The molecule has 0 saturated carbocycles. The maximum Gasteiger partial charge on any atom is 0.404 e. The van der Waals surface area contributed by atoms with Gasteiger partial charge in [0.2, 0.25) is 0 Å². The normalized spacial score (nSPS) is 13.8. The lowest BCUT2D eigenvalue weighted by Crippen LogP contribution is -2.50. The zero-order valence-corrected chi connectivity index (χ0v) is 27.1. The molecular formula is C39H33N5O6. The van der Waals surface area contributed by atoms with Crippen molar-refractivity contribution in [3.63, 3.8) is 0 Å². The fourth-order valence-electron chi connectivity index (χ4n) is 6.49. The monoisotopic (exact) mass is 667 g/mol. The second-order valence-electron chi connectivity index (χ2n) is 11.9. The third-order valence-electron chi connectivity index (χ3n) is 8.88. The smallest absolute Gasteiger partial charge is 0.404 e. The Hall–Kier alpha value is -6.62. The molecule has 3 N–H and O–H groups in total. The summed E-state index contributed by atoms with van der Waals surface area (Å²) in [7, 11) is 1.41. The van der Waals surface area contributed by atoms with Crippen molar-refractivity contribution in [1.82, 2.24) is 20.0 Å². The molecule has 11 heteroatoms. The molecule has 7 rings (SSSR count). The van der Waals surface area contributed by atoms with Crippen LogP contribution in [-0.2, 0) is 13.0 Å². The molecular weight excluding hydrogens is 634 g/mol. The fraction of sp³-hybridized carbons (Fsp3) is 0.128. The lowest BCUT2D eigenvalue weighted by molar-refractivity contribution is 0.0636. The largest absolute Gasteiger partial charge is 0.504 e. The molecule has 0 bridgehead atoms. The molecule has 0 unspecified atom stereocenters. The van der Waals surface area contributed by atoms with Gasteiger partial charge in [-0.1, -0.05) is 78.9 Å². The summed E-state index contributed by atoms with van der Waals surface area (Å²) < 4.78 is 7.00. The number of anilines is 2. The van der Waals surface area contributed by atoms with Gasteiger partial charge in [0.05, 0.1) is 29.9 Å². The molecule has 0 spiro atoms. The van der Waals surface area contributed by atoms with Gasteiger partial charge in [0.25, 0.3) is 11.8 Å². The molecule has 11 nitrogen and oxygen atoms in total. The van der Waals surface area contributed by atoms with Gasteiger partial charge in [0.15, 0.2) is 17.2 Å². The molecule has 1 aliphatic rings. The molecule has 5 aromatic carbocycles. The number of para-hydroxylation sites is 3. The van der Waals surface area contributed by atoms with E-state index < -0.39 is 18.0 Å². The van der Waals surface area contributed by atoms with E-state index in [1.54, 1.807) is 21.9 Å². The minimum Gasteiger partial charge on any atom is -0.504 e. The van der Waals surface area contributed by atoms with Crippen LogP contribution >= 0.6 is 0 Å². The lowest BCUT2D eigenvalue weighted by Gasteiger charge is -2.37. The molecule has 3 amide bonds. The van der Waals surface area contributed by atoms with E-state index in [0.717, 1.165) is 11.1 Å². The molecule has 6 aromatic rings. The number of amides is 3. The summed E-state index contributed by atoms with van der Waals surface area (Å²) >= 11 is 0. The molecule has 0 fully saturated rings. The van der Waals surface area contributed by atoms with Gasteiger partial charge < -0.3 is 25.2 Å². The number of nitrogens with zero attached hydrogens (tertiary/aromatic N) is 4. The van der Waals surface area contributed by atoms with Gasteiger partial charge in [-0.15, -0.1) is 0 Å². The maximum atomic E-state index is 14.6. The third kappa shape index (κ3) is 5.96. The van der Waals surface area contributed by atoms with E-state index in [1.807, 2.05) is 97.1 Å². The van der Waals surface area contributed by atoms with E-state index in [0.29, 0.717) is 28.7 Å². The summed E-state index contributed by atoms with van der Waals surface area (Å²) in [6.45, 7) is 0.227. The van der Waals surface area contributed by atoms with Crippen LogP contribution in [0.15, 0.2) is 121 Å². The Balaban J connectivity index is 1.38. The summed E-state index contributed by atoms with van der Waals surface area (Å²) in [5.74, 6) is -0.993. The van der Waals surface area contributed by atoms with Crippen LogP contribution < -0.4 is 15.0 Å². The van der Waals surface area contributed by atoms with Crippen LogP contribution in [0.1, 0.15) is 32.0 Å². The average Bonchev–Trinajstić information content (AvgIpc) is 3.54. The standard InChI is InChI=1S/C39H33N5O6/c1-50-35-22-33(31(21-34(35)45)37(46)42-24-26-13-9-8-12-25(26)20-29(42)23-40-39(48)49)44-32-19-11-10-18-30(32)36(41-44)38(47)43(27-14-4-2-5-15-27)28-16-6-3-7-17-28/h2-19,21-22,29,40,45H,20,23-24H2,1H3,(H,48,49)/t29-/m0/s1. The number of phenols is 1. The topological polar surface area (TPSA) is 137 Å². The van der Waals surface area contributed by atoms with E-state index in [1.165, 1.54) is 23.9 Å². The minimum atomic E-state index is -1.20. The minimum absolute atomic E-state index is 0.00499. The molecule has 2 heterocycles. The maximum absolute atomic E-state index is 14.6. The van der Waals surface area contributed by atoms with E-state index in [-0.39, 0.29) is 47.4 Å². The van der Waals surface area contributed by atoms with Crippen LogP contribution in [-0.4, -0.2) is 62.5 Å². The zero-order valence-electron chi connectivity index (χ0n) is 27.1. The van der Waals surface area contributed by atoms with Crippen molar-refractivity contribution in [2.75, 3.05) is 18.6 Å². The summed E-state index contributed by atoms with van der Waals surface area (Å²) in [6, 6.07) is 35.8. The number of hydrogen-bond donors (Lipinski definition) is 3. The highest BCUT2D eigenvalue weighted by Crippen LogP contribution is 2.36. The highest BCUT2D eigenvalue weighted by Gasteiger charge is 2.34. The number of ether oxygens (including phenoxy) is 1. The average molecular weight is 668 g/mol. The zero-order chi connectivity index (χ0) is 34.8. The van der Waals surface area contributed by atoms with E-state index >= 15 is 0 Å². The highest BCUT2D eigenvalue weighted by molar-refractivity contribution is 6.16. The van der Waals surface area contributed by atoms with Gasteiger partial charge >= 0.3 is 6.09 Å². The van der Waals surface area contributed by atoms with Crippen molar-refractivity contribution in [1.29, 1.82) is 0 Å². The Labute approximate surface area is 287 Å². The molecule has 0 radical (unpaired) electrons. The third-order valence-corrected chi connectivity index (χ3v) is 8.88. The van der Waals surface area contributed by atoms with Crippen molar-refractivity contribution in [2.24, 2.45) is 0 Å². The van der Waals surface area contributed by atoms with Crippen LogP contribution in [0, 0.1) is 0 Å². The van der Waals surface area contributed by atoms with Crippen LogP contribution in [0.3, 0.4) is 0 Å². The lowest BCUT2D eigenvalue weighted by atomic mass is 9.93. The number of aromatic hydroxyl groups is 1. The Kier molecular flexibility index (Phi) is 8.61. The number of carboxylic acid groups (broad SMARTS) is 1. The molecule has 1 aliphatic heterocycles. The van der Waals surface area contributed by atoms with Crippen LogP contribution in [0.4, 0.5) is 16.2 Å². The second-order valence-corrected chi connectivity index (χ2v) is 11.9. The SMILES string of the molecule is COc1cc(-n2nc(C(=O)N(c3ccccc3)c3ccccc3)c3ccccc32)c(C(=O)N2Cc3ccccc3C[C@H]2CNC(=O)O)cc1O. The Morgan fingerprint density at radius 2 is 1.48 bits per heavy atom. The number of carbonyl (C=O) groups excluding carboxylic acids is 2. The van der Waals surface area contributed by atoms with E-state index in [2.05, 4.69) is 5.32 Å². The van der Waals surface area contributed by atoms with E-state index in [9.17, 15) is 24.6 Å². The summed E-state index contributed by atoms with van der Waals surface area (Å²) in [6.07, 6.45) is -0.767. The van der Waals surface area contributed by atoms with Crippen molar-refractivity contribution in [3.8, 4) is 17.2 Å². The fourth-order valence-corrected chi connectivity index (χ4v) is 6.49. The van der Waals surface area contributed by atoms with Crippen LogP contribution in [0.5, 0.6) is 11.5 Å².